The van der Waals surface area contributed by atoms with Crippen LogP contribution in [-0.4, -0.2) is 72.6 Å². The summed E-state index contributed by atoms with van der Waals surface area (Å²) in [5, 5.41) is 14.8. The van der Waals surface area contributed by atoms with Crippen LogP contribution in [0.2, 0.25) is 0 Å². The molecule has 1 fully saturated rings. The third-order valence-corrected chi connectivity index (χ3v) is 3.60. The molecule has 1 aliphatic heterocycles. The Morgan fingerprint density at radius 3 is 2.33 bits per heavy atom. The highest BCUT2D eigenvalue weighted by atomic mass is 16.5. The number of unbranched alkanes of at least 4 members (excludes halogenated alkanes) is 1. The lowest BCUT2D eigenvalue weighted by atomic mass is 10.3. The second kappa shape index (κ2) is 12.9. The van der Waals surface area contributed by atoms with Crippen molar-refractivity contribution in [2.24, 2.45) is 0 Å². The van der Waals surface area contributed by atoms with Gasteiger partial charge in [0.2, 0.25) is 0 Å². The van der Waals surface area contributed by atoms with E-state index in [1.54, 1.807) is 0 Å². The number of carboxylic acids is 2. The molecule has 0 aliphatic carbocycles. The number of carbonyl (C=O) groups is 2. The van der Waals surface area contributed by atoms with Gasteiger partial charge in [0.25, 0.3) is 0 Å². The first-order chi connectivity index (χ1) is 12.9. The fraction of sp³-hybridized carbons (Fsp3) is 0.579. The summed E-state index contributed by atoms with van der Waals surface area (Å²) in [6, 6.07) is 7.88. The molecule has 1 heterocycles. The highest BCUT2D eigenvalue weighted by Gasteiger charge is 2.09. The molecule has 8 nitrogen and oxygen atoms in total. The van der Waals surface area contributed by atoms with Crippen molar-refractivity contribution in [2.45, 2.75) is 32.8 Å². The molecule has 0 spiro atoms. The Morgan fingerprint density at radius 1 is 1.11 bits per heavy atom. The Hall–Kier alpha value is -2.32. The maximum Gasteiger partial charge on any atom is 0.414 e. The Kier molecular flexibility index (Phi) is 10.9. The molecular weight excluding hydrogens is 354 g/mol. The predicted octanol–water partition coefficient (Wildman–Crippen LogP) is 2.12. The molecule has 0 aromatic heterocycles. The first kappa shape index (κ1) is 22.7. The molecule has 152 valence electrons. The zero-order valence-electron chi connectivity index (χ0n) is 15.9. The van der Waals surface area contributed by atoms with Crippen molar-refractivity contribution in [3.05, 3.63) is 24.3 Å². The van der Waals surface area contributed by atoms with Crippen molar-refractivity contribution >= 4 is 11.9 Å². The first-order valence-electron chi connectivity index (χ1n) is 9.04. The maximum atomic E-state index is 9.10. The fourth-order valence-electron chi connectivity index (χ4n) is 2.36. The second-order valence-corrected chi connectivity index (χ2v) is 6.26. The molecule has 1 aromatic carbocycles. The number of rotatable bonds is 8. The Bertz CT molecular complexity index is 559. The van der Waals surface area contributed by atoms with Gasteiger partial charge in [-0.1, -0.05) is 6.07 Å². The summed E-state index contributed by atoms with van der Waals surface area (Å²) < 4.78 is 16.8. The number of ether oxygens (including phenoxy) is 3. The average molecular weight is 383 g/mol. The minimum absolute atomic E-state index is 0.189. The van der Waals surface area contributed by atoms with Gasteiger partial charge in [0.15, 0.2) is 0 Å². The molecule has 1 aromatic rings. The topological polar surface area (TPSA) is 106 Å². The van der Waals surface area contributed by atoms with Gasteiger partial charge in [0.1, 0.15) is 11.5 Å². The summed E-state index contributed by atoms with van der Waals surface area (Å²) >= 11 is 0. The Labute approximate surface area is 159 Å². The van der Waals surface area contributed by atoms with E-state index in [1.807, 2.05) is 38.1 Å². The molecule has 0 bridgehead atoms. The maximum absolute atomic E-state index is 9.10. The van der Waals surface area contributed by atoms with Crippen molar-refractivity contribution < 1.29 is 34.0 Å². The van der Waals surface area contributed by atoms with Crippen molar-refractivity contribution in [2.75, 3.05) is 39.5 Å². The van der Waals surface area contributed by atoms with Crippen LogP contribution in [0, 0.1) is 0 Å². The standard InChI is InChI=1S/C17H27NO3.C2H2O4/c1-15(2)21-17-7-5-6-16(14-17)20-11-4-3-8-18-9-12-19-13-10-18;3-1(4)2(5)6/h5-7,14-15H,3-4,8-13H2,1-2H3;(H,3,4)(H,5,6). The first-order valence-corrected chi connectivity index (χ1v) is 9.04. The average Bonchev–Trinajstić information content (AvgIpc) is 2.62. The number of hydrogen-bond acceptors (Lipinski definition) is 6. The number of aliphatic carboxylic acids is 2. The molecule has 8 heteroatoms. The summed E-state index contributed by atoms with van der Waals surface area (Å²) in [7, 11) is 0. The number of morpholine rings is 1. The van der Waals surface area contributed by atoms with Crippen molar-refractivity contribution in [3.8, 4) is 11.5 Å². The minimum atomic E-state index is -1.82. The van der Waals surface area contributed by atoms with Gasteiger partial charge in [-0.2, -0.15) is 0 Å². The van der Waals surface area contributed by atoms with E-state index in [9.17, 15) is 0 Å². The van der Waals surface area contributed by atoms with E-state index < -0.39 is 11.9 Å². The molecule has 0 atom stereocenters. The van der Waals surface area contributed by atoms with E-state index in [4.69, 9.17) is 34.0 Å². The number of benzene rings is 1. The van der Waals surface area contributed by atoms with Gasteiger partial charge in [0.05, 0.1) is 25.9 Å². The van der Waals surface area contributed by atoms with E-state index in [-0.39, 0.29) is 6.10 Å². The minimum Gasteiger partial charge on any atom is -0.493 e. The second-order valence-electron chi connectivity index (χ2n) is 6.26. The van der Waals surface area contributed by atoms with Gasteiger partial charge in [-0.3, -0.25) is 4.90 Å². The molecule has 0 radical (unpaired) electrons. The quantitative estimate of drug-likeness (QED) is 0.519. The van der Waals surface area contributed by atoms with Crippen LogP contribution in [-0.2, 0) is 14.3 Å². The van der Waals surface area contributed by atoms with E-state index in [2.05, 4.69) is 4.90 Å². The molecular formula is C19H29NO7. The summed E-state index contributed by atoms with van der Waals surface area (Å²) in [5.74, 6) is -1.89. The van der Waals surface area contributed by atoms with Gasteiger partial charge in [-0.25, -0.2) is 9.59 Å². The lowest BCUT2D eigenvalue weighted by Gasteiger charge is -2.26. The largest absolute Gasteiger partial charge is 0.493 e. The summed E-state index contributed by atoms with van der Waals surface area (Å²) in [6.45, 7) is 9.83. The molecule has 2 N–H and O–H groups in total. The molecule has 27 heavy (non-hydrogen) atoms. The molecule has 2 rings (SSSR count). The lowest BCUT2D eigenvalue weighted by molar-refractivity contribution is -0.159. The van der Waals surface area contributed by atoms with Crippen molar-refractivity contribution in [1.29, 1.82) is 0 Å². The molecule has 0 unspecified atom stereocenters. The van der Waals surface area contributed by atoms with Crippen LogP contribution in [0.3, 0.4) is 0 Å². The fourth-order valence-corrected chi connectivity index (χ4v) is 2.36. The third-order valence-electron chi connectivity index (χ3n) is 3.60. The SMILES string of the molecule is CC(C)Oc1cccc(OCCCCN2CCOCC2)c1.O=C(O)C(=O)O. The highest BCUT2D eigenvalue weighted by molar-refractivity contribution is 6.27. The van der Waals surface area contributed by atoms with Crippen LogP contribution in [0.5, 0.6) is 11.5 Å². The van der Waals surface area contributed by atoms with Crippen molar-refractivity contribution in [3.63, 3.8) is 0 Å². The highest BCUT2D eigenvalue weighted by Crippen LogP contribution is 2.20. The molecule has 1 saturated heterocycles. The summed E-state index contributed by atoms with van der Waals surface area (Å²) in [4.78, 5) is 20.7. The van der Waals surface area contributed by atoms with Gasteiger partial charge in [-0.05, 0) is 45.4 Å². The molecule has 0 amide bonds. The lowest BCUT2D eigenvalue weighted by Crippen LogP contribution is -2.36. The Morgan fingerprint density at radius 2 is 1.74 bits per heavy atom. The third kappa shape index (κ3) is 11.1. The van der Waals surface area contributed by atoms with E-state index in [1.165, 1.54) is 6.42 Å². The van der Waals surface area contributed by atoms with Crippen LogP contribution in [0.1, 0.15) is 26.7 Å². The van der Waals surface area contributed by atoms with E-state index in [0.29, 0.717) is 0 Å². The summed E-state index contributed by atoms with van der Waals surface area (Å²) in [5.41, 5.74) is 0. The number of carboxylic acid groups (broad SMARTS) is 2. The van der Waals surface area contributed by atoms with Gasteiger partial charge in [-0.15, -0.1) is 0 Å². The zero-order valence-corrected chi connectivity index (χ0v) is 15.9. The molecule has 1 aliphatic rings. The van der Waals surface area contributed by atoms with Crippen LogP contribution in [0.15, 0.2) is 24.3 Å². The van der Waals surface area contributed by atoms with Crippen LogP contribution in [0.4, 0.5) is 0 Å². The summed E-state index contributed by atoms with van der Waals surface area (Å²) in [6.07, 6.45) is 2.43. The van der Waals surface area contributed by atoms with Gasteiger partial charge >= 0.3 is 11.9 Å². The van der Waals surface area contributed by atoms with E-state index in [0.717, 1.165) is 57.4 Å². The van der Waals surface area contributed by atoms with Gasteiger partial charge in [0, 0.05) is 19.2 Å². The van der Waals surface area contributed by atoms with E-state index >= 15 is 0 Å². The molecule has 0 saturated carbocycles. The van der Waals surface area contributed by atoms with Crippen LogP contribution < -0.4 is 9.47 Å². The van der Waals surface area contributed by atoms with Crippen molar-refractivity contribution in [1.82, 2.24) is 4.90 Å². The smallest absolute Gasteiger partial charge is 0.414 e. The predicted molar refractivity (Wildman–Crippen MR) is 99.5 cm³/mol. The van der Waals surface area contributed by atoms with Crippen LogP contribution in [0.25, 0.3) is 0 Å². The number of nitrogens with zero attached hydrogens (tertiary/aromatic N) is 1. The zero-order chi connectivity index (χ0) is 20.1. The van der Waals surface area contributed by atoms with Crippen LogP contribution >= 0.6 is 0 Å². The van der Waals surface area contributed by atoms with Gasteiger partial charge < -0.3 is 24.4 Å². The monoisotopic (exact) mass is 383 g/mol. The Balaban J connectivity index is 0.000000527. The number of hydrogen-bond donors (Lipinski definition) is 2. The normalized spacial score (nSPS) is 14.2.